The molecular weight excluding hydrogens is 279 g/mol. The number of hydrogen-bond acceptors (Lipinski definition) is 5. The van der Waals surface area contributed by atoms with Crippen LogP contribution in [-0.2, 0) is 19.1 Å². The van der Waals surface area contributed by atoms with Gasteiger partial charge >= 0.3 is 102 Å². The molecule has 7 heteroatoms. The minimum atomic E-state index is -0.600. The van der Waals surface area contributed by atoms with Crippen molar-refractivity contribution in [3.05, 3.63) is 0 Å². The van der Waals surface area contributed by atoms with E-state index in [2.05, 4.69) is 26.1 Å². The first-order valence-electron chi connectivity index (χ1n) is 4.76. The number of hydrogen-bond donors (Lipinski definition) is 2. The van der Waals surface area contributed by atoms with Crippen molar-refractivity contribution in [2.45, 2.75) is 25.3 Å². The molecule has 0 saturated carbocycles. The van der Waals surface area contributed by atoms with E-state index in [0.717, 1.165) is 0 Å². The molecule has 0 aliphatic heterocycles. The Kier molecular flexibility index (Phi) is 7.80. The monoisotopic (exact) mass is 295 g/mol. The Bertz CT molecular complexity index is 270. The fourth-order valence-corrected chi connectivity index (χ4v) is 1.29. The molecule has 0 aliphatic rings. The van der Waals surface area contributed by atoms with Crippen LogP contribution >= 0.6 is 0 Å². The van der Waals surface area contributed by atoms with Crippen molar-refractivity contribution in [3.8, 4) is 0 Å². The summed E-state index contributed by atoms with van der Waals surface area (Å²) in [5.41, 5.74) is 4.98. The van der Waals surface area contributed by atoms with Crippen LogP contribution in [0, 0.1) is 0 Å². The number of primary amides is 1. The van der Waals surface area contributed by atoms with Gasteiger partial charge in [-0.25, -0.2) is 0 Å². The van der Waals surface area contributed by atoms with Crippen molar-refractivity contribution in [3.63, 3.8) is 0 Å². The molecule has 1 radical (unpaired) electrons. The molecule has 0 rings (SSSR count). The van der Waals surface area contributed by atoms with E-state index in [1.54, 1.807) is 0 Å². The van der Waals surface area contributed by atoms with Crippen LogP contribution in [0.5, 0.6) is 0 Å². The van der Waals surface area contributed by atoms with Crippen LogP contribution in [0.4, 0.5) is 0 Å². The molecule has 0 fully saturated rings. The molecule has 0 aromatic rings. The van der Waals surface area contributed by atoms with Crippen LogP contribution in [0.15, 0.2) is 0 Å². The molecule has 6 nitrogen and oxygen atoms in total. The molecule has 1 atom stereocenters. The molecular formula is C9H15N2O4Se. The zero-order valence-electron chi connectivity index (χ0n) is 9.02. The molecule has 91 valence electrons. The average molecular weight is 294 g/mol. The number of rotatable bonds is 8. The van der Waals surface area contributed by atoms with Crippen LogP contribution < -0.4 is 11.1 Å². The van der Waals surface area contributed by atoms with Crippen molar-refractivity contribution < 1.29 is 19.1 Å². The summed E-state index contributed by atoms with van der Waals surface area (Å²) in [7, 11) is 1.26. The summed E-state index contributed by atoms with van der Waals surface area (Å²) in [5.74, 6) is -0.940. The van der Waals surface area contributed by atoms with Gasteiger partial charge in [0.1, 0.15) is 0 Å². The van der Waals surface area contributed by atoms with Gasteiger partial charge in [0.15, 0.2) is 0 Å². The number of amides is 1. The van der Waals surface area contributed by atoms with Crippen LogP contribution in [0.25, 0.3) is 0 Å². The summed E-state index contributed by atoms with van der Waals surface area (Å²) < 4.78 is 4.46. The van der Waals surface area contributed by atoms with Gasteiger partial charge in [-0.15, -0.1) is 0 Å². The van der Waals surface area contributed by atoms with E-state index >= 15 is 0 Å². The quantitative estimate of drug-likeness (QED) is 0.418. The summed E-state index contributed by atoms with van der Waals surface area (Å²) in [6, 6.07) is -0.600. The maximum atomic E-state index is 11.3. The fourth-order valence-electron chi connectivity index (χ4n) is 1.08. The summed E-state index contributed by atoms with van der Waals surface area (Å²) >= 11 is 2.34. The molecule has 0 heterocycles. The minimum absolute atomic E-state index is 0.0917. The number of nitrogens with two attached hydrogens (primary N) is 1. The molecule has 0 spiro atoms. The standard InChI is InChI=1S/C9H15N2O4Se/c1-15-9(14)6(2-3-7(10)12)11-5-4-8(13)16/h6,11H,2-5H2,1H3,(H2,10,12)/t6-/m0/s1. The Labute approximate surface area is 102 Å². The van der Waals surface area contributed by atoms with Gasteiger partial charge in [-0.1, -0.05) is 0 Å². The maximum absolute atomic E-state index is 11.3. The van der Waals surface area contributed by atoms with E-state index in [0.29, 0.717) is 6.54 Å². The molecule has 0 aliphatic carbocycles. The van der Waals surface area contributed by atoms with Crippen LogP contribution in [0.3, 0.4) is 0 Å². The summed E-state index contributed by atoms with van der Waals surface area (Å²) in [5, 5.41) is 2.83. The zero-order chi connectivity index (χ0) is 12.6. The third-order valence-electron chi connectivity index (χ3n) is 1.88. The van der Waals surface area contributed by atoms with Gasteiger partial charge in [-0.3, -0.25) is 0 Å². The Morgan fingerprint density at radius 1 is 1.38 bits per heavy atom. The number of methoxy groups -OCH3 is 1. The van der Waals surface area contributed by atoms with Gasteiger partial charge in [-0.05, 0) is 0 Å². The molecule has 0 aromatic heterocycles. The van der Waals surface area contributed by atoms with Gasteiger partial charge in [0.05, 0.1) is 0 Å². The van der Waals surface area contributed by atoms with Crippen molar-refractivity contribution in [1.29, 1.82) is 0 Å². The Balaban J connectivity index is 4.05. The van der Waals surface area contributed by atoms with Crippen molar-refractivity contribution in [1.82, 2.24) is 5.32 Å². The van der Waals surface area contributed by atoms with Crippen LogP contribution in [0.2, 0.25) is 0 Å². The van der Waals surface area contributed by atoms with E-state index < -0.39 is 17.9 Å². The Morgan fingerprint density at radius 3 is 2.44 bits per heavy atom. The van der Waals surface area contributed by atoms with E-state index in [4.69, 9.17) is 5.73 Å². The fraction of sp³-hybridized carbons (Fsp3) is 0.667. The first-order valence-corrected chi connectivity index (χ1v) is 5.62. The second-order valence-corrected chi connectivity index (χ2v) is 4.11. The topological polar surface area (TPSA) is 98.5 Å². The number of ether oxygens (including phenoxy) is 1. The summed E-state index contributed by atoms with van der Waals surface area (Å²) in [6.45, 7) is 0.352. The molecule has 0 bridgehead atoms. The van der Waals surface area contributed by atoms with Gasteiger partial charge in [0.2, 0.25) is 0 Å². The predicted octanol–water partition coefficient (Wildman–Crippen LogP) is -1.53. The van der Waals surface area contributed by atoms with Crippen molar-refractivity contribution in [2.24, 2.45) is 5.73 Å². The molecule has 0 unspecified atom stereocenters. The van der Waals surface area contributed by atoms with E-state index in [1.165, 1.54) is 7.11 Å². The van der Waals surface area contributed by atoms with E-state index in [1.807, 2.05) is 0 Å². The second kappa shape index (κ2) is 8.27. The number of carbonyl (C=O) groups excluding carboxylic acids is 3. The Morgan fingerprint density at radius 2 is 2.00 bits per heavy atom. The van der Waals surface area contributed by atoms with Gasteiger partial charge in [0.25, 0.3) is 0 Å². The number of esters is 1. The average Bonchev–Trinajstić information content (AvgIpc) is 2.21. The van der Waals surface area contributed by atoms with Gasteiger partial charge < -0.3 is 0 Å². The first kappa shape index (κ1) is 15.1. The van der Waals surface area contributed by atoms with Crippen molar-refractivity contribution >= 4 is 32.6 Å². The normalized spacial score (nSPS) is 11.8. The molecule has 0 saturated heterocycles. The van der Waals surface area contributed by atoms with Gasteiger partial charge in [0, 0.05) is 0 Å². The zero-order valence-corrected chi connectivity index (χ0v) is 10.7. The number of nitrogens with one attached hydrogen (secondary N) is 1. The third-order valence-corrected chi connectivity index (χ3v) is 2.31. The SMILES string of the molecule is COC(=O)[C@H](CCC(N)=O)NCCC(=O)[Se]. The summed E-state index contributed by atoms with van der Waals surface area (Å²) in [6.07, 6.45) is 0.645. The number of carbonyl (C=O) groups is 3. The van der Waals surface area contributed by atoms with Crippen LogP contribution in [0.1, 0.15) is 19.3 Å². The third kappa shape index (κ3) is 7.39. The van der Waals surface area contributed by atoms with Crippen LogP contribution in [-0.4, -0.2) is 52.3 Å². The second-order valence-electron chi connectivity index (χ2n) is 3.16. The van der Waals surface area contributed by atoms with Crippen molar-refractivity contribution in [2.75, 3.05) is 13.7 Å². The molecule has 3 N–H and O–H groups in total. The first-order chi connectivity index (χ1) is 7.47. The summed E-state index contributed by atoms with van der Waals surface area (Å²) in [4.78, 5) is 32.5. The van der Waals surface area contributed by atoms with E-state index in [-0.39, 0.29) is 23.9 Å². The molecule has 16 heavy (non-hydrogen) atoms. The van der Waals surface area contributed by atoms with E-state index in [9.17, 15) is 14.4 Å². The predicted molar refractivity (Wildman–Crippen MR) is 57.6 cm³/mol. The Hall–Kier alpha value is -0.911. The molecule has 1 amide bonds. The molecule has 0 aromatic carbocycles. The van der Waals surface area contributed by atoms with Gasteiger partial charge in [-0.2, -0.15) is 0 Å².